The fourth-order valence-electron chi connectivity index (χ4n) is 2.73. The molecule has 0 aliphatic carbocycles. The highest BCUT2D eigenvalue weighted by Gasteiger charge is 2.20. The maximum atomic E-state index is 12.6. The highest BCUT2D eigenvalue weighted by Crippen LogP contribution is 2.33. The van der Waals surface area contributed by atoms with E-state index in [1.807, 2.05) is 6.92 Å². The Morgan fingerprint density at radius 3 is 2.64 bits per heavy atom. The summed E-state index contributed by atoms with van der Waals surface area (Å²) < 4.78 is 17.5. The molecule has 142 valence electrons. The van der Waals surface area contributed by atoms with Crippen LogP contribution >= 0.6 is 0 Å². The van der Waals surface area contributed by atoms with Gasteiger partial charge in [-0.15, -0.1) is 0 Å². The Morgan fingerprint density at radius 2 is 1.93 bits per heavy atom. The van der Waals surface area contributed by atoms with Gasteiger partial charge < -0.3 is 14.2 Å². The van der Waals surface area contributed by atoms with Gasteiger partial charge in [-0.2, -0.15) is 5.10 Å². The van der Waals surface area contributed by atoms with Gasteiger partial charge in [-0.1, -0.05) is 6.92 Å². The second kappa shape index (κ2) is 7.03. The molecule has 0 bridgehead atoms. The zero-order valence-corrected chi connectivity index (χ0v) is 14.8. The highest BCUT2D eigenvalue weighted by molar-refractivity contribution is 5.91. The molecule has 0 saturated carbocycles. The molecule has 2 aromatic carbocycles. The molecular weight excluding hydrogens is 366 g/mol. The molecular formula is C19H15N3O6. The third kappa shape index (κ3) is 3.25. The summed E-state index contributed by atoms with van der Waals surface area (Å²) in [4.78, 5) is 23.0. The third-order valence-corrected chi connectivity index (χ3v) is 4.20. The van der Waals surface area contributed by atoms with Crippen molar-refractivity contribution in [3.05, 3.63) is 69.9 Å². The topological polar surface area (TPSA) is 106 Å². The number of aryl methyl sites for hydroxylation is 1. The number of nitrogens with zero attached hydrogens (tertiary/aromatic N) is 3. The standard InChI is InChI=1S/C19H15N3O6/c1-2-13-10-18(21(20-13)14-4-6-15(7-5-14)22(24)25)28-19(23)12-3-8-16-17(9-12)27-11-26-16/h3-10H,2,11H2,1H3. The van der Waals surface area contributed by atoms with Gasteiger partial charge in [0.15, 0.2) is 11.5 Å². The molecule has 0 atom stereocenters. The predicted molar refractivity (Wildman–Crippen MR) is 97.1 cm³/mol. The maximum absolute atomic E-state index is 12.6. The van der Waals surface area contributed by atoms with Crippen LogP contribution in [0.15, 0.2) is 48.5 Å². The molecule has 0 fully saturated rings. The van der Waals surface area contributed by atoms with Gasteiger partial charge in [0.1, 0.15) is 0 Å². The molecule has 3 aromatic rings. The van der Waals surface area contributed by atoms with Crippen LogP contribution in [-0.4, -0.2) is 27.5 Å². The van der Waals surface area contributed by atoms with Crippen LogP contribution in [0.2, 0.25) is 0 Å². The largest absolute Gasteiger partial charge is 0.454 e. The van der Waals surface area contributed by atoms with E-state index in [1.54, 1.807) is 36.4 Å². The number of hydrogen-bond acceptors (Lipinski definition) is 7. The van der Waals surface area contributed by atoms with E-state index in [0.717, 1.165) is 0 Å². The molecule has 0 unspecified atom stereocenters. The Bertz CT molecular complexity index is 1060. The van der Waals surface area contributed by atoms with Gasteiger partial charge >= 0.3 is 5.97 Å². The van der Waals surface area contributed by atoms with E-state index < -0.39 is 10.9 Å². The fourth-order valence-corrected chi connectivity index (χ4v) is 2.73. The van der Waals surface area contributed by atoms with E-state index in [0.29, 0.717) is 34.9 Å². The molecule has 0 N–H and O–H groups in total. The second-order valence-corrected chi connectivity index (χ2v) is 5.97. The molecule has 9 heteroatoms. The molecule has 1 aromatic heterocycles. The normalized spacial score (nSPS) is 12.0. The number of nitro groups is 1. The summed E-state index contributed by atoms with van der Waals surface area (Å²) >= 11 is 0. The van der Waals surface area contributed by atoms with Crippen LogP contribution in [0, 0.1) is 10.1 Å². The van der Waals surface area contributed by atoms with Crippen LogP contribution in [0.5, 0.6) is 17.4 Å². The van der Waals surface area contributed by atoms with Crippen LogP contribution in [0.3, 0.4) is 0 Å². The number of non-ortho nitro benzene ring substituents is 1. The Hall–Kier alpha value is -3.88. The number of nitro benzene ring substituents is 1. The summed E-state index contributed by atoms with van der Waals surface area (Å²) in [5.41, 5.74) is 1.52. The van der Waals surface area contributed by atoms with E-state index in [1.165, 1.54) is 16.8 Å². The average molecular weight is 381 g/mol. The first kappa shape index (κ1) is 17.5. The van der Waals surface area contributed by atoms with Crippen LogP contribution in [0.25, 0.3) is 5.69 Å². The van der Waals surface area contributed by atoms with Crippen molar-refractivity contribution >= 4 is 11.7 Å². The van der Waals surface area contributed by atoms with Gasteiger partial charge in [0, 0.05) is 18.2 Å². The monoisotopic (exact) mass is 381 g/mol. The molecule has 4 rings (SSSR count). The van der Waals surface area contributed by atoms with Crippen molar-refractivity contribution in [3.8, 4) is 23.1 Å². The molecule has 1 aliphatic rings. The fraction of sp³-hybridized carbons (Fsp3) is 0.158. The van der Waals surface area contributed by atoms with Gasteiger partial charge in [0.2, 0.25) is 12.7 Å². The highest BCUT2D eigenvalue weighted by atomic mass is 16.7. The number of carbonyl (C=O) groups is 1. The summed E-state index contributed by atoms with van der Waals surface area (Å²) in [6, 6.07) is 12.3. The van der Waals surface area contributed by atoms with Gasteiger partial charge in [-0.05, 0) is 36.8 Å². The van der Waals surface area contributed by atoms with E-state index in [2.05, 4.69) is 5.10 Å². The van der Waals surface area contributed by atoms with Crippen molar-refractivity contribution < 1.29 is 23.9 Å². The van der Waals surface area contributed by atoms with E-state index in [9.17, 15) is 14.9 Å². The van der Waals surface area contributed by atoms with E-state index in [-0.39, 0.29) is 18.4 Å². The first-order valence-corrected chi connectivity index (χ1v) is 8.50. The number of esters is 1. The summed E-state index contributed by atoms with van der Waals surface area (Å²) in [6.07, 6.45) is 0.633. The van der Waals surface area contributed by atoms with Crippen molar-refractivity contribution in [2.45, 2.75) is 13.3 Å². The summed E-state index contributed by atoms with van der Waals surface area (Å²) in [7, 11) is 0. The lowest BCUT2D eigenvalue weighted by molar-refractivity contribution is -0.384. The van der Waals surface area contributed by atoms with Crippen LogP contribution < -0.4 is 14.2 Å². The van der Waals surface area contributed by atoms with Gasteiger partial charge in [0.05, 0.1) is 21.9 Å². The van der Waals surface area contributed by atoms with Crippen molar-refractivity contribution in [3.63, 3.8) is 0 Å². The molecule has 0 radical (unpaired) electrons. The number of aromatic nitrogens is 2. The minimum Gasteiger partial charge on any atom is -0.454 e. The van der Waals surface area contributed by atoms with Crippen molar-refractivity contribution in [1.29, 1.82) is 0 Å². The summed E-state index contributed by atoms with van der Waals surface area (Å²) in [6.45, 7) is 2.03. The average Bonchev–Trinajstić information content (AvgIpc) is 3.34. The maximum Gasteiger partial charge on any atom is 0.344 e. The minimum absolute atomic E-state index is 0.0366. The first-order chi connectivity index (χ1) is 13.5. The van der Waals surface area contributed by atoms with Gasteiger partial charge in [-0.3, -0.25) is 10.1 Å². The SMILES string of the molecule is CCc1cc(OC(=O)c2ccc3c(c2)OCO3)n(-c2ccc([N+](=O)[O-])cc2)n1. The van der Waals surface area contributed by atoms with Gasteiger partial charge in [0.25, 0.3) is 5.69 Å². The predicted octanol–water partition coefficient (Wildman–Crippen LogP) is 3.29. The molecule has 28 heavy (non-hydrogen) atoms. The van der Waals surface area contributed by atoms with Crippen molar-refractivity contribution in [2.75, 3.05) is 6.79 Å². The molecule has 0 saturated heterocycles. The lowest BCUT2D eigenvalue weighted by Gasteiger charge is -2.08. The van der Waals surface area contributed by atoms with Gasteiger partial charge in [-0.25, -0.2) is 9.48 Å². The van der Waals surface area contributed by atoms with Crippen LogP contribution in [0.4, 0.5) is 5.69 Å². The van der Waals surface area contributed by atoms with Crippen LogP contribution in [-0.2, 0) is 6.42 Å². The van der Waals surface area contributed by atoms with E-state index >= 15 is 0 Å². The first-order valence-electron chi connectivity index (χ1n) is 8.50. The number of benzene rings is 2. The molecule has 2 heterocycles. The zero-order chi connectivity index (χ0) is 19.7. The Balaban J connectivity index is 1.63. The lowest BCUT2D eigenvalue weighted by Crippen LogP contribution is -2.11. The lowest BCUT2D eigenvalue weighted by atomic mass is 10.2. The number of hydrogen-bond donors (Lipinski definition) is 0. The third-order valence-electron chi connectivity index (χ3n) is 4.20. The summed E-state index contributed by atoms with van der Waals surface area (Å²) in [5, 5.41) is 15.2. The van der Waals surface area contributed by atoms with Crippen molar-refractivity contribution in [1.82, 2.24) is 9.78 Å². The second-order valence-electron chi connectivity index (χ2n) is 5.97. The number of ether oxygens (including phenoxy) is 3. The van der Waals surface area contributed by atoms with E-state index in [4.69, 9.17) is 14.2 Å². The number of fused-ring (bicyclic) bond motifs is 1. The number of carbonyl (C=O) groups excluding carboxylic acids is 1. The molecule has 0 amide bonds. The minimum atomic E-state index is -0.580. The van der Waals surface area contributed by atoms with Crippen LogP contribution in [0.1, 0.15) is 23.0 Å². The Morgan fingerprint density at radius 1 is 1.18 bits per heavy atom. The smallest absolute Gasteiger partial charge is 0.344 e. The number of rotatable bonds is 5. The Labute approximate surface area is 159 Å². The zero-order valence-electron chi connectivity index (χ0n) is 14.8. The summed E-state index contributed by atoms with van der Waals surface area (Å²) in [5.74, 6) is 0.686. The molecule has 9 nitrogen and oxygen atoms in total. The Kier molecular flexibility index (Phi) is 4.40. The quantitative estimate of drug-likeness (QED) is 0.379. The molecule has 1 aliphatic heterocycles. The van der Waals surface area contributed by atoms with Crippen molar-refractivity contribution in [2.24, 2.45) is 0 Å². The molecule has 0 spiro atoms.